The summed E-state index contributed by atoms with van der Waals surface area (Å²) in [5, 5.41) is 16.8. The molecular weight excluding hydrogens is 358 g/mol. The van der Waals surface area contributed by atoms with Crippen LogP contribution in [0.25, 0.3) is 0 Å². The number of epoxide rings is 1. The van der Waals surface area contributed by atoms with Gasteiger partial charge >= 0.3 is 5.97 Å². The van der Waals surface area contributed by atoms with Crippen molar-refractivity contribution in [3.63, 3.8) is 0 Å². The van der Waals surface area contributed by atoms with E-state index < -0.39 is 11.6 Å². The highest BCUT2D eigenvalue weighted by molar-refractivity contribution is 7.10. The molecule has 3 fully saturated rings. The second kappa shape index (κ2) is 5.62. The lowest BCUT2D eigenvalue weighted by molar-refractivity contribution is -0.172. The number of rotatable bonds is 4. The Morgan fingerprint density at radius 1 is 1.32 bits per heavy atom. The second-order valence-electron chi connectivity index (χ2n) is 7.06. The van der Waals surface area contributed by atoms with Crippen molar-refractivity contribution in [2.24, 2.45) is 0 Å². The number of piperidine rings is 1. The molecule has 5 unspecified atom stereocenters. The molecule has 0 spiro atoms. The molecule has 132 valence electrons. The van der Waals surface area contributed by atoms with Crippen LogP contribution in [0.5, 0.6) is 0 Å². The van der Waals surface area contributed by atoms with Crippen LogP contribution in [-0.2, 0) is 19.9 Å². The summed E-state index contributed by atoms with van der Waals surface area (Å²) >= 11 is 2.82. The highest BCUT2D eigenvalue weighted by atomic mass is 32.1. The summed E-state index contributed by atoms with van der Waals surface area (Å²) in [6.45, 7) is 0. The Morgan fingerprint density at radius 2 is 2.08 bits per heavy atom. The van der Waals surface area contributed by atoms with Gasteiger partial charge in [0.15, 0.2) is 0 Å². The van der Waals surface area contributed by atoms with Crippen molar-refractivity contribution in [3.8, 4) is 0 Å². The van der Waals surface area contributed by atoms with Crippen molar-refractivity contribution in [3.05, 3.63) is 44.8 Å². The van der Waals surface area contributed by atoms with Crippen LogP contribution in [-0.4, -0.2) is 53.4 Å². The molecule has 3 saturated heterocycles. The average Bonchev–Trinajstić information content (AvgIpc) is 2.97. The van der Waals surface area contributed by atoms with Gasteiger partial charge in [-0.2, -0.15) is 11.3 Å². The fourth-order valence-corrected chi connectivity index (χ4v) is 5.88. The molecule has 3 aliphatic rings. The minimum atomic E-state index is -1.73. The van der Waals surface area contributed by atoms with Gasteiger partial charge in [-0.1, -0.05) is 6.07 Å². The number of ether oxygens (including phenoxy) is 2. The highest BCUT2D eigenvalue weighted by Gasteiger charge is 2.63. The Labute approximate surface area is 153 Å². The third kappa shape index (κ3) is 2.34. The SMILES string of the molecule is CN1C2CC(OC(=O)C(O)(c3ccsc3)c3cccs3)C[C@@H]1C1OC12. The number of hydrogen-bond donors (Lipinski definition) is 1. The predicted molar refractivity (Wildman–Crippen MR) is 94.8 cm³/mol. The number of nitrogens with zero attached hydrogens (tertiary/aromatic N) is 1. The van der Waals surface area contributed by atoms with E-state index in [9.17, 15) is 9.90 Å². The van der Waals surface area contributed by atoms with Crippen molar-refractivity contribution in [1.29, 1.82) is 0 Å². The van der Waals surface area contributed by atoms with E-state index in [1.54, 1.807) is 12.1 Å². The molecule has 5 nitrogen and oxygen atoms in total. The van der Waals surface area contributed by atoms with Crippen molar-refractivity contribution < 1.29 is 19.4 Å². The summed E-state index contributed by atoms with van der Waals surface area (Å²) in [6.07, 6.45) is 1.97. The van der Waals surface area contributed by atoms with Gasteiger partial charge in [-0.05, 0) is 35.3 Å². The largest absolute Gasteiger partial charge is 0.460 e. The van der Waals surface area contributed by atoms with Gasteiger partial charge in [0.25, 0.3) is 0 Å². The highest BCUT2D eigenvalue weighted by Crippen LogP contribution is 2.48. The fraction of sp³-hybridized carbons (Fsp3) is 0.500. The van der Waals surface area contributed by atoms with E-state index >= 15 is 0 Å². The van der Waals surface area contributed by atoms with Crippen molar-refractivity contribution >= 4 is 28.6 Å². The number of carbonyl (C=O) groups is 1. The predicted octanol–water partition coefficient (Wildman–Crippen LogP) is 2.20. The third-order valence-corrected chi connectivity index (χ3v) is 7.42. The summed E-state index contributed by atoms with van der Waals surface area (Å²) in [7, 11) is 2.12. The zero-order valence-electron chi connectivity index (χ0n) is 13.7. The maximum Gasteiger partial charge on any atom is 0.348 e. The van der Waals surface area contributed by atoms with Crippen LogP contribution in [0.2, 0.25) is 0 Å². The first kappa shape index (κ1) is 16.0. The first-order valence-electron chi connectivity index (χ1n) is 8.46. The van der Waals surface area contributed by atoms with E-state index in [4.69, 9.17) is 9.47 Å². The number of fused-ring (bicyclic) bond motifs is 5. The van der Waals surface area contributed by atoms with Crippen LogP contribution in [0, 0.1) is 0 Å². The van der Waals surface area contributed by atoms with Gasteiger partial charge in [-0.3, -0.25) is 4.90 Å². The molecule has 0 saturated carbocycles. The van der Waals surface area contributed by atoms with Gasteiger partial charge in [0.05, 0.1) is 4.88 Å². The molecule has 0 radical (unpaired) electrons. The normalized spacial score (nSPS) is 35.8. The molecule has 5 rings (SSSR count). The fourth-order valence-electron chi connectivity index (χ4n) is 4.35. The molecule has 2 aromatic rings. The van der Waals surface area contributed by atoms with Crippen LogP contribution in [0.15, 0.2) is 34.3 Å². The van der Waals surface area contributed by atoms with Gasteiger partial charge in [-0.15, -0.1) is 11.3 Å². The first-order valence-corrected chi connectivity index (χ1v) is 10.3. The molecule has 2 aromatic heterocycles. The van der Waals surface area contributed by atoms with Gasteiger partial charge in [-0.25, -0.2) is 4.79 Å². The standard InChI is InChI=1S/C18H19NO4S2/c1-19-12-7-11(8-13(19)16-15(12)23-16)22-17(20)18(21,10-4-6-24-9-10)14-3-2-5-25-14/h2-6,9,11-13,15-16,21H,7-8H2,1H3/t11?,12-,13?,15?,16?,18?/m1/s1. The quantitative estimate of drug-likeness (QED) is 0.654. The average molecular weight is 377 g/mol. The van der Waals surface area contributed by atoms with E-state index in [1.165, 1.54) is 22.7 Å². The Kier molecular flexibility index (Phi) is 3.59. The third-order valence-electron chi connectivity index (χ3n) is 5.76. The number of aliphatic hydroxyl groups is 1. The number of hydrogen-bond acceptors (Lipinski definition) is 7. The van der Waals surface area contributed by atoms with Crippen LogP contribution in [0.4, 0.5) is 0 Å². The molecule has 0 aliphatic carbocycles. The number of carbonyl (C=O) groups excluding carboxylic acids is 1. The lowest BCUT2D eigenvalue weighted by Gasteiger charge is -2.38. The number of likely N-dealkylation sites (N-methyl/N-ethyl adjacent to an activating group) is 1. The molecule has 3 aliphatic heterocycles. The first-order chi connectivity index (χ1) is 12.1. The van der Waals surface area contributed by atoms with E-state index in [1.807, 2.05) is 22.2 Å². The van der Waals surface area contributed by atoms with E-state index in [0.717, 1.165) is 12.8 Å². The van der Waals surface area contributed by atoms with Crippen molar-refractivity contribution in [2.45, 2.75) is 48.8 Å². The second-order valence-corrected chi connectivity index (χ2v) is 8.79. The Hall–Kier alpha value is -1.25. The van der Waals surface area contributed by atoms with Gasteiger partial charge < -0.3 is 14.6 Å². The molecule has 6 atom stereocenters. The summed E-state index contributed by atoms with van der Waals surface area (Å²) < 4.78 is 11.5. The van der Waals surface area contributed by atoms with Crippen LogP contribution < -0.4 is 0 Å². The zero-order valence-corrected chi connectivity index (χ0v) is 15.3. The molecule has 2 bridgehead atoms. The summed E-state index contributed by atoms with van der Waals surface area (Å²) in [4.78, 5) is 16.0. The van der Waals surface area contributed by atoms with E-state index in [0.29, 0.717) is 34.7 Å². The molecular formula is C18H19NO4S2. The van der Waals surface area contributed by atoms with Crippen LogP contribution in [0.3, 0.4) is 0 Å². The summed E-state index contributed by atoms with van der Waals surface area (Å²) in [5.41, 5.74) is -1.15. The summed E-state index contributed by atoms with van der Waals surface area (Å²) in [5.74, 6) is -0.572. The van der Waals surface area contributed by atoms with Crippen LogP contribution >= 0.6 is 22.7 Å². The number of morpholine rings is 1. The molecule has 0 amide bonds. The zero-order chi connectivity index (χ0) is 17.2. The molecule has 1 N–H and O–H groups in total. The maximum absolute atomic E-state index is 13.0. The number of esters is 1. The Balaban J connectivity index is 1.39. The molecule has 5 heterocycles. The lowest BCUT2D eigenvalue weighted by atomic mass is 9.94. The van der Waals surface area contributed by atoms with Gasteiger partial charge in [0, 0.05) is 30.5 Å². The van der Waals surface area contributed by atoms with Gasteiger partial charge in [0.1, 0.15) is 18.3 Å². The Bertz CT molecular complexity index is 723. The molecule has 7 heteroatoms. The topological polar surface area (TPSA) is 62.3 Å². The Morgan fingerprint density at radius 3 is 2.68 bits per heavy atom. The lowest BCUT2D eigenvalue weighted by Crippen LogP contribution is -2.49. The smallest absolute Gasteiger partial charge is 0.348 e. The van der Waals surface area contributed by atoms with Gasteiger partial charge in [0.2, 0.25) is 5.60 Å². The molecule has 25 heavy (non-hydrogen) atoms. The molecule has 0 aromatic carbocycles. The van der Waals surface area contributed by atoms with E-state index in [2.05, 4.69) is 11.9 Å². The van der Waals surface area contributed by atoms with Crippen LogP contribution in [0.1, 0.15) is 23.3 Å². The maximum atomic E-state index is 13.0. The minimum Gasteiger partial charge on any atom is -0.460 e. The monoisotopic (exact) mass is 377 g/mol. The summed E-state index contributed by atoms with van der Waals surface area (Å²) in [6, 6.07) is 6.04. The number of thiophene rings is 2. The van der Waals surface area contributed by atoms with Crippen molar-refractivity contribution in [1.82, 2.24) is 4.90 Å². The van der Waals surface area contributed by atoms with E-state index in [-0.39, 0.29) is 6.10 Å². The van der Waals surface area contributed by atoms with Crippen molar-refractivity contribution in [2.75, 3.05) is 7.05 Å². The minimum absolute atomic E-state index is 0.166.